The van der Waals surface area contributed by atoms with Gasteiger partial charge in [0.25, 0.3) is 0 Å². The van der Waals surface area contributed by atoms with Crippen LogP contribution < -0.4 is 15.0 Å². The highest BCUT2D eigenvalue weighted by molar-refractivity contribution is 5.91. The molecule has 0 saturated heterocycles. The summed E-state index contributed by atoms with van der Waals surface area (Å²) >= 11 is 0. The average molecular weight is 410 g/mol. The lowest BCUT2D eigenvalue weighted by atomic mass is 10.1. The Morgan fingerprint density at radius 2 is 1.83 bits per heavy atom. The van der Waals surface area contributed by atoms with Crippen LogP contribution in [0.1, 0.15) is 44.4 Å². The van der Waals surface area contributed by atoms with Gasteiger partial charge in [-0.15, -0.1) is 0 Å². The molecule has 3 rings (SSSR count). The molecule has 3 amide bonds. The highest BCUT2D eigenvalue weighted by Crippen LogP contribution is 2.26. The number of aryl methyl sites for hydroxylation is 1. The van der Waals surface area contributed by atoms with Crippen LogP contribution in [0.15, 0.2) is 42.5 Å². The van der Waals surface area contributed by atoms with Crippen LogP contribution in [0, 0.1) is 6.92 Å². The van der Waals surface area contributed by atoms with Crippen LogP contribution in [0.5, 0.6) is 5.75 Å². The minimum atomic E-state index is -0.301. The zero-order valence-electron chi connectivity index (χ0n) is 18.5. The molecule has 0 atom stereocenters. The Bertz CT molecular complexity index is 916. The molecule has 6 heteroatoms. The fraction of sp³-hybridized carbons (Fsp3) is 0.417. The monoisotopic (exact) mass is 409 g/mol. The number of rotatable bonds is 3. The maximum absolute atomic E-state index is 12.6. The Kier molecular flexibility index (Phi) is 6.34. The number of urea groups is 1. The Morgan fingerprint density at radius 3 is 2.47 bits per heavy atom. The molecule has 1 aliphatic rings. The van der Waals surface area contributed by atoms with Crippen LogP contribution in [-0.4, -0.2) is 35.5 Å². The van der Waals surface area contributed by atoms with Crippen molar-refractivity contribution in [2.45, 2.75) is 53.2 Å². The molecule has 1 heterocycles. The highest BCUT2D eigenvalue weighted by Gasteiger charge is 2.23. The number of carbonyl (C=O) groups excluding carboxylic acids is 2. The number of carbonyl (C=O) groups is 2. The van der Waals surface area contributed by atoms with E-state index in [0.29, 0.717) is 26.2 Å². The van der Waals surface area contributed by atoms with Crippen molar-refractivity contribution >= 4 is 17.6 Å². The molecule has 1 N–H and O–H groups in total. The van der Waals surface area contributed by atoms with E-state index >= 15 is 0 Å². The van der Waals surface area contributed by atoms with Gasteiger partial charge in [-0.2, -0.15) is 0 Å². The van der Waals surface area contributed by atoms with Crippen molar-refractivity contribution in [2.24, 2.45) is 0 Å². The molecule has 30 heavy (non-hydrogen) atoms. The largest absolute Gasteiger partial charge is 0.491 e. The predicted octanol–water partition coefficient (Wildman–Crippen LogP) is 4.25. The fourth-order valence-corrected chi connectivity index (χ4v) is 3.41. The van der Waals surface area contributed by atoms with Gasteiger partial charge in [0.15, 0.2) is 0 Å². The van der Waals surface area contributed by atoms with E-state index in [-0.39, 0.29) is 17.5 Å². The van der Waals surface area contributed by atoms with Gasteiger partial charge in [-0.3, -0.25) is 4.79 Å². The Labute approximate surface area is 178 Å². The second kappa shape index (κ2) is 8.78. The van der Waals surface area contributed by atoms with Gasteiger partial charge in [0.2, 0.25) is 5.91 Å². The van der Waals surface area contributed by atoms with Crippen LogP contribution in [0.2, 0.25) is 0 Å². The quantitative estimate of drug-likeness (QED) is 0.824. The van der Waals surface area contributed by atoms with E-state index in [4.69, 9.17) is 4.74 Å². The summed E-state index contributed by atoms with van der Waals surface area (Å²) in [4.78, 5) is 28.5. The van der Waals surface area contributed by atoms with Crippen LogP contribution in [0.4, 0.5) is 10.5 Å². The number of nitrogens with zero attached hydrogens (tertiary/aromatic N) is 2. The maximum atomic E-state index is 12.6. The van der Waals surface area contributed by atoms with Gasteiger partial charge >= 0.3 is 6.03 Å². The number of anilines is 1. The van der Waals surface area contributed by atoms with E-state index < -0.39 is 0 Å². The third-order valence-corrected chi connectivity index (χ3v) is 4.94. The van der Waals surface area contributed by atoms with Gasteiger partial charge in [-0.05, 0) is 57.5 Å². The molecule has 6 nitrogen and oxygen atoms in total. The Balaban J connectivity index is 1.81. The van der Waals surface area contributed by atoms with Crippen molar-refractivity contribution in [1.82, 2.24) is 10.2 Å². The first-order chi connectivity index (χ1) is 14.1. The number of hydrogen-bond acceptors (Lipinski definition) is 3. The number of ether oxygens (including phenoxy) is 1. The molecule has 160 valence electrons. The number of benzene rings is 2. The second-order valence-electron chi connectivity index (χ2n) is 8.83. The maximum Gasteiger partial charge on any atom is 0.318 e. The summed E-state index contributed by atoms with van der Waals surface area (Å²) in [5.74, 6) is 0.769. The lowest BCUT2D eigenvalue weighted by molar-refractivity contribution is -0.116. The fourth-order valence-electron chi connectivity index (χ4n) is 3.41. The normalized spacial score (nSPS) is 13.7. The Hall–Kier alpha value is -3.02. The summed E-state index contributed by atoms with van der Waals surface area (Å²) < 4.78 is 5.86. The smallest absolute Gasteiger partial charge is 0.318 e. The minimum Gasteiger partial charge on any atom is -0.491 e. The summed E-state index contributed by atoms with van der Waals surface area (Å²) in [7, 11) is 0. The van der Waals surface area contributed by atoms with E-state index in [1.807, 2.05) is 70.2 Å². The Morgan fingerprint density at radius 1 is 1.13 bits per heavy atom. The SMILES string of the molecule is CC(=O)N(Cc1ccc2c(c1)CN(C(=O)NC(C)(C)C)CCO2)c1ccc(C)cc1. The van der Waals surface area contributed by atoms with Crippen LogP contribution >= 0.6 is 0 Å². The molecule has 0 saturated carbocycles. The summed E-state index contributed by atoms with van der Waals surface area (Å²) in [5.41, 5.74) is 3.65. The van der Waals surface area contributed by atoms with E-state index in [2.05, 4.69) is 5.32 Å². The lowest BCUT2D eigenvalue weighted by Gasteiger charge is -2.27. The van der Waals surface area contributed by atoms with Crippen molar-refractivity contribution in [1.29, 1.82) is 0 Å². The van der Waals surface area contributed by atoms with Crippen molar-refractivity contribution in [3.8, 4) is 5.75 Å². The molecular weight excluding hydrogens is 378 g/mol. The third-order valence-electron chi connectivity index (χ3n) is 4.94. The molecule has 0 radical (unpaired) electrons. The van der Waals surface area contributed by atoms with E-state index in [1.165, 1.54) is 0 Å². The summed E-state index contributed by atoms with van der Waals surface area (Å²) in [6.45, 7) is 11.4. The van der Waals surface area contributed by atoms with Crippen LogP contribution in [0.3, 0.4) is 0 Å². The van der Waals surface area contributed by atoms with Gasteiger partial charge in [0.05, 0.1) is 19.6 Å². The molecule has 0 spiro atoms. The van der Waals surface area contributed by atoms with Crippen molar-refractivity contribution in [3.63, 3.8) is 0 Å². The molecular formula is C24H31N3O3. The van der Waals surface area contributed by atoms with Gasteiger partial charge in [-0.25, -0.2) is 4.79 Å². The van der Waals surface area contributed by atoms with Gasteiger partial charge in [-0.1, -0.05) is 23.8 Å². The summed E-state index contributed by atoms with van der Waals surface area (Å²) in [6.07, 6.45) is 0. The average Bonchev–Trinajstić information content (AvgIpc) is 2.87. The van der Waals surface area contributed by atoms with E-state index in [0.717, 1.165) is 28.1 Å². The number of fused-ring (bicyclic) bond motifs is 1. The minimum absolute atomic E-state index is 0.0174. The van der Waals surface area contributed by atoms with Crippen molar-refractivity contribution < 1.29 is 14.3 Å². The number of nitrogens with one attached hydrogen (secondary N) is 1. The highest BCUT2D eigenvalue weighted by atomic mass is 16.5. The lowest BCUT2D eigenvalue weighted by Crippen LogP contribution is -2.48. The summed E-state index contributed by atoms with van der Waals surface area (Å²) in [6, 6.07) is 13.8. The van der Waals surface area contributed by atoms with Crippen LogP contribution in [-0.2, 0) is 17.9 Å². The van der Waals surface area contributed by atoms with Gasteiger partial charge < -0.3 is 19.9 Å². The second-order valence-corrected chi connectivity index (χ2v) is 8.83. The predicted molar refractivity (Wildman–Crippen MR) is 119 cm³/mol. The zero-order chi connectivity index (χ0) is 21.9. The third kappa shape index (κ3) is 5.53. The van der Waals surface area contributed by atoms with Gasteiger partial charge in [0, 0.05) is 23.7 Å². The summed E-state index contributed by atoms with van der Waals surface area (Å²) in [5, 5.41) is 3.01. The first kappa shape index (κ1) is 21.7. The van der Waals surface area contributed by atoms with E-state index in [9.17, 15) is 9.59 Å². The van der Waals surface area contributed by atoms with E-state index in [1.54, 1.807) is 16.7 Å². The number of amides is 3. The molecule has 0 fully saturated rings. The van der Waals surface area contributed by atoms with Crippen molar-refractivity contribution in [3.05, 3.63) is 59.2 Å². The molecule has 0 bridgehead atoms. The first-order valence-electron chi connectivity index (χ1n) is 10.3. The molecule has 0 aliphatic carbocycles. The molecule has 0 aromatic heterocycles. The molecule has 0 unspecified atom stereocenters. The topological polar surface area (TPSA) is 61.9 Å². The number of hydrogen-bond donors (Lipinski definition) is 1. The van der Waals surface area contributed by atoms with Crippen molar-refractivity contribution in [2.75, 3.05) is 18.1 Å². The zero-order valence-corrected chi connectivity index (χ0v) is 18.5. The standard InChI is InChI=1S/C24H31N3O3/c1-17-6-9-21(10-7-17)27(18(2)28)15-19-8-11-22-20(14-19)16-26(12-13-30-22)23(29)25-24(3,4)5/h6-11,14H,12-13,15-16H2,1-5H3,(H,25,29). The molecule has 2 aromatic carbocycles. The van der Waals surface area contributed by atoms with Gasteiger partial charge in [0.1, 0.15) is 12.4 Å². The molecule has 2 aromatic rings. The first-order valence-corrected chi connectivity index (χ1v) is 10.3. The molecule has 1 aliphatic heterocycles. The van der Waals surface area contributed by atoms with Crippen LogP contribution in [0.25, 0.3) is 0 Å².